The van der Waals surface area contributed by atoms with Crippen molar-refractivity contribution >= 4 is 23.2 Å². The predicted octanol–water partition coefficient (Wildman–Crippen LogP) is 3.62. The molecule has 6 heteroatoms. The number of nitrogens with one attached hydrogen (secondary N) is 1. The van der Waals surface area contributed by atoms with E-state index in [-0.39, 0.29) is 5.91 Å². The number of rotatable bonds is 5. The van der Waals surface area contributed by atoms with Crippen LogP contribution in [-0.4, -0.2) is 42.1 Å². The summed E-state index contributed by atoms with van der Waals surface area (Å²) in [5.41, 5.74) is 3.71. The molecule has 0 unspecified atom stereocenters. The fourth-order valence-electron chi connectivity index (χ4n) is 3.43. The molecular weight excluding hydrogens is 362 g/mol. The normalized spacial score (nSPS) is 14.0. The van der Waals surface area contributed by atoms with Gasteiger partial charge in [-0.05, 0) is 36.2 Å². The van der Waals surface area contributed by atoms with Crippen molar-refractivity contribution in [3.63, 3.8) is 0 Å². The maximum absolute atomic E-state index is 12.4. The smallest absolute Gasteiger partial charge is 0.258 e. The van der Waals surface area contributed by atoms with Crippen LogP contribution in [0.3, 0.4) is 0 Å². The van der Waals surface area contributed by atoms with Crippen LogP contribution in [0.2, 0.25) is 0 Å². The lowest BCUT2D eigenvalue weighted by Gasteiger charge is -2.36. The largest absolute Gasteiger partial charge is 0.368 e. The topological polar surface area (TPSA) is 61.4 Å². The van der Waals surface area contributed by atoms with E-state index in [1.165, 1.54) is 11.3 Å². The SMILES string of the molecule is CCc1ccc(NC(=O)c2cnc(N3CCN(c4ccccc4)CC3)nc2)cc1. The van der Waals surface area contributed by atoms with Gasteiger partial charge in [-0.1, -0.05) is 37.3 Å². The molecule has 1 saturated heterocycles. The fraction of sp³-hybridized carbons (Fsp3) is 0.261. The Labute approximate surface area is 171 Å². The van der Waals surface area contributed by atoms with Crippen molar-refractivity contribution in [2.75, 3.05) is 41.3 Å². The maximum atomic E-state index is 12.4. The number of anilines is 3. The number of aromatic nitrogens is 2. The van der Waals surface area contributed by atoms with E-state index in [1.807, 2.05) is 30.3 Å². The minimum atomic E-state index is -0.199. The molecule has 0 aliphatic carbocycles. The minimum absolute atomic E-state index is 0.199. The van der Waals surface area contributed by atoms with Gasteiger partial charge in [0.25, 0.3) is 5.91 Å². The first-order valence-electron chi connectivity index (χ1n) is 10.00. The molecule has 1 amide bonds. The Bertz CT molecular complexity index is 933. The Morgan fingerprint density at radius 1 is 0.897 bits per heavy atom. The van der Waals surface area contributed by atoms with E-state index in [0.29, 0.717) is 11.5 Å². The first-order valence-corrected chi connectivity index (χ1v) is 10.00. The van der Waals surface area contributed by atoms with Crippen LogP contribution in [0, 0.1) is 0 Å². The number of benzene rings is 2. The Morgan fingerprint density at radius 2 is 1.52 bits per heavy atom. The molecular formula is C23H25N5O. The Balaban J connectivity index is 1.34. The molecule has 4 rings (SSSR count). The highest BCUT2D eigenvalue weighted by atomic mass is 16.1. The number of para-hydroxylation sites is 1. The Morgan fingerprint density at radius 3 is 2.14 bits per heavy atom. The second-order valence-corrected chi connectivity index (χ2v) is 7.09. The molecule has 1 N–H and O–H groups in total. The van der Waals surface area contributed by atoms with Crippen molar-refractivity contribution in [3.05, 3.63) is 78.1 Å². The summed E-state index contributed by atoms with van der Waals surface area (Å²) < 4.78 is 0. The predicted molar refractivity (Wildman–Crippen MR) is 117 cm³/mol. The van der Waals surface area contributed by atoms with Gasteiger partial charge in [0.05, 0.1) is 5.56 Å². The van der Waals surface area contributed by atoms with Crippen LogP contribution in [0.25, 0.3) is 0 Å². The number of hydrogen-bond donors (Lipinski definition) is 1. The number of aryl methyl sites for hydroxylation is 1. The minimum Gasteiger partial charge on any atom is -0.368 e. The van der Waals surface area contributed by atoms with E-state index in [2.05, 4.69) is 56.3 Å². The number of piperazine rings is 1. The number of carbonyl (C=O) groups excluding carboxylic acids is 1. The molecule has 2 aromatic carbocycles. The molecule has 6 nitrogen and oxygen atoms in total. The van der Waals surface area contributed by atoms with Gasteiger partial charge < -0.3 is 15.1 Å². The third kappa shape index (κ3) is 4.54. The number of nitrogens with zero attached hydrogens (tertiary/aromatic N) is 4. The molecule has 3 aromatic rings. The van der Waals surface area contributed by atoms with Gasteiger partial charge in [0, 0.05) is 49.9 Å². The molecule has 2 heterocycles. The van der Waals surface area contributed by atoms with E-state index in [9.17, 15) is 4.79 Å². The van der Waals surface area contributed by atoms with E-state index in [1.54, 1.807) is 12.4 Å². The van der Waals surface area contributed by atoms with E-state index < -0.39 is 0 Å². The van der Waals surface area contributed by atoms with E-state index in [0.717, 1.165) is 38.3 Å². The Kier molecular flexibility index (Phi) is 5.70. The molecule has 1 aromatic heterocycles. The summed E-state index contributed by atoms with van der Waals surface area (Å²) in [4.78, 5) is 25.8. The van der Waals surface area contributed by atoms with Gasteiger partial charge in [-0.15, -0.1) is 0 Å². The molecule has 1 fully saturated rings. The molecule has 0 radical (unpaired) electrons. The third-order valence-electron chi connectivity index (χ3n) is 5.20. The van der Waals surface area contributed by atoms with Gasteiger partial charge in [0.15, 0.2) is 0 Å². The van der Waals surface area contributed by atoms with Crippen LogP contribution in [0.1, 0.15) is 22.8 Å². The van der Waals surface area contributed by atoms with Gasteiger partial charge in [-0.3, -0.25) is 4.79 Å². The molecule has 148 valence electrons. The van der Waals surface area contributed by atoms with Crippen LogP contribution in [0.4, 0.5) is 17.3 Å². The fourth-order valence-corrected chi connectivity index (χ4v) is 3.43. The lowest BCUT2D eigenvalue weighted by atomic mass is 10.1. The first kappa shape index (κ1) is 18.9. The van der Waals surface area contributed by atoms with E-state index in [4.69, 9.17) is 0 Å². The van der Waals surface area contributed by atoms with Gasteiger partial charge >= 0.3 is 0 Å². The zero-order chi connectivity index (χ0) is 20.1. The molecule has 1 aliphatic rings. The van der Waals surface area contributed by atoms with E-state index >= 15 is 0 Å². The summed E-state index contributed by atoms with van der Waals surface area (Å²) in [6.45, 7) is 5.65. The summed E-state index contributed by atoms with van der Waals surface area (Å²) in [5.74, 6) is 0.469. The molecule has 29 heavy (non-hydrogen) atoms. The monoisotopic (exact) mass is 387 g/mol. The van der Waals surface area contributed by atoms with Gasteiger partial charge in [0.2, 0.25) is 5.95 Å². The molecule has 0 atom stereocenters. The number of hydrogen-bond acceptors (Lipinski definition) is 5. The maximum Gasteiger partial charge on any atom is 0.258 e. The summed E-state index contributed by atoms with van der Waals surface area (Å²) in [6.07, 6.45) is 4.17. The average molecular weight is 387 g/mol. The summed E-state index contributed by atoms with van der Waals surface area (Å²) in [5, 5.41) is 2.89. The van der Waals surface area contributed by atoms with Gasteiger partial charge in [-0.2, -0.15) is 0 Å². The summed E-state index contributed by atoms with van der Waals surface area (Å²) in [7, 11) is 0. The molecule has 0 bridgehead atoms. The van der Waals surface area contributed by atoms with Crippen LogP contribution in [0.15, 0.2) is 67.0 Å². The average Bonchev–Trinajstić information content (AvgIpc) is 2.80. The number of amides is 1. The van der Waals surface area contributed by atoms with Gasteiger partial charge in [0.1, 0.15) is 0 Å². The summed E-state index contributed by atoms with van der Waals surface area (Å²) in [6, 6.07) is 18.3. The lowest BCUT2D eigenvalue weighted by molar-refractivity contribution is 0.102. The van der Waals surface area contributed by atoms with Crippen molar-refractivity contribution in [1.82, 2.24) is 9.97 Å². The highest BCUT2D eigenvalue weighted by molar-refractivity contribution is 6.03. The van der Waals surface area contributed by atoms with Crippen LogP contribution < -0.4 is 15.1 Å². The van der Waals surface area contributed by atoms with Crippen molar-refractivity contribution in [1.29, 1.82) is 0 Å². The van der Waals surface area contributed by atoms with Gasteiger partial charge in [-0.25, -0.2) is 9.97 Å². The van der Waals surface area contributed by atoms with Crippen LogP contribution >= 0.6 is 0 Å². The Hall–Kier alpha value is -3.41. The highest BCUT2D eigenvalue weighted by Crippen LogP contribution is 2.18. The molecule has 0 spiro atoms. The van der Waals surface area contributed by atoms with Crippen molar-refractivity contribution in [2.45, 2.75) is 13.3 Å². The van der Waals surface area contributed by atoms with Crippen LogP contribution in [0.5, 0.6) is 0 Å². The van der Waals surface area contributed by atoms with Crippen molar-refractivity contribution in [3.8, 4) is 0 Å². The standard InChI is InChI=1S/C23H25N5O/c1-2-18-8-10-20(11-9-18)26-22(29)19-16-24-23(25-17-19)28-14-12-27(13-15-28)21-6-4-3-5-7-21/h3-11,16-17H,2,12-15H2,1H3,(H,26,29). The lowest BCUT2D eigenvalue weighted by Crippen LogP contribution is -2.47. The quantitative estimate of drug-likeness (QED) is 0.725. The van der Waals surface area contributed by atoms with Crippen molar-refractivity contribution < 1.29 is 4.79 Å². The second-order valence-electron chi connectivity index (χ2n) is 7.09. The molecule has 0 saturated carbocycles. The van der Waals surface area contributed by atoms with Crippen molar-refractivity contribution in [2.24, 2.45) is 0 Å². The second kappa shape index (κ2) is 8.73. The summed E-state index contributed by atoms with van der Waals surface area (Å²) >= 11 is 0. The zero-order valence-corrected chi connectivity index (χ0v) is 16.6. The first-order chi connectivity index (χ1) is 14.2. The zero-order valence-electron chi connectivity index (χ0n) is 16.6. The third-order valence-corrected chi connectivity index (χ3v) is 5.20. The number of carbonyl (C=O) groups is 1. The molecule has 1 aliphatic heterocycles. The van der Waals surface area contributed by atoms with Crippen LogP contribution in [-0.2, 0) is 6.42 Å². The highest BCUT2D eigenvalue weighted by Gasteiger charge is 2.19.